The number of hydrogen-bond acceptors (Lipinski definition) is 3. The third-order valence-corrected chi connectivity index (χ3v) is 3.51. The molecule has 0 saturated heterocycles. The summed E-state index contributed by atoms with van der Waals surface area (Å²) in [7, 11) is 0. The first-order valence-corrected chi connectivity index (χ1v) is 7.19. The van der Waals surface area contributed by atoms with Crippen LogP contribution in [0.2, 0.25) is 0 Å². The Morgan fingerprint density at radius 1 is 1.35 bits per heavy atom. The van der Waals surface area contributed by atoms with E-state index in [1.54, 1.807) is 25.4 Å². The maximum atomic E-state index is 11.0. The molecule has 0 bridgehead atoms. The van der Waals surface area contributed by atoms with Gasteiger partial charge in [-0.05, 0) is 18.6 Å². The fraction of sp³-hybridized carbons (Fsp3) is 0.111. The van der Waals surface area contributed by atoms with E-state index in [2.05, 4.69) is 9.97 Å². The molecule has 0 radical (unpaired) electrons. The maximum absolute atomic E-state index is 11.0. The van der Waals surface area contributed by atoms with Gasteiger partial charge in [-0.2, -0.15) is 0 Å². The van der Waals surface area contributed by atoms with Gasteiger partial charge in [-0.15, -0.1) is 0 Å². The number of pyridine rings is 1. The number of nitrogens with zero attached hydrogens (tertiary/aromatic N) is 1. The minimum absolute atomic E-state index is 0.273. The van der Waals surface area contributed by atoms with Gasteiger partial charge < -0.3 is 14.8 Å². The molecule has 2 heterocycles. The molecule has 0 aliphatic rings. The van der Waals surface area contributed by atoms with Crippen molar-refractivity contribution in [3.8, 4) is 5.88 Å². The Kier molecular flexibility index (Phi) is 4.10. The van der Waals surface area contributed by atoms with Gasteiger partial charge in [0.2, 0.25) is 5.88 Å². The van der Waals surface area contributed by atoms with Crippen molar-refractivity contribution < 1.29 is 14.6 Å². The number of aliphatic carboxylic acids is 1. The van der Waals surface area contributed by atoms with Crippen molar-refractivity contribution in [3.05, 3.63) is 65.5 Å². The summed E-state index contributed by atoms with van der Waals surface area (Å²) in [5.41, 5.74) is 2.97. The van der Waals surface area contributed by atoms with E-state index in [9.17, 15) is 4.79 Å². The van der Waals surface area contributed by atoms with Crippen molar-refractivity contribution in [3.63, 3.8) is 0 Å². The van der Waals surface area contributed by atoms with Gasteiger partial charge >= 0.3 is 5.97 Å². The lowest BCUT2D eigenvalue weighted by atomic mass is 10.1. The van der Waals surface area contributed by atoms with Crippen LogP contribution in [0.5, 0.6) is 5.88 Å². The molecule has 23 heavy (non-hydrogen) atoms. The van der Waals surface area contributed by atoms with E-state index in [0.29, 0.717) is 12.5 Å². The van der Waals surface area contributed by atoms with Crippen molar-refractivity contribution in [1.82, 2.24) is 9.97 Å². The minimum Gasteiger partial charge on any atom is -0.478 e. The molecular formula is C18H16N2O3. The van der Waals surface area contributed by atoms with Gasteiger partial charge in [-0.25, -0.2) is 9.78 Å². The van der Waals surface area contributed by atoms with Crippen LogP contribution < -0.4 is 4.74 Å². The summed E-state index contributed by atoms with van der Waals surface area (Å²) in [6.07, 6.45) is 5.07. The van der Waals surface area contributed by atoms with E-state index in [0.717, 1.165) is 22.0 Å². The quantitative estimate of drug-likeness (QED) is 0.706. The van der Waals surface area contributed by atoms with Crippen molar-refractivity contribution in [2.75, 3.05) is 0 Å². The first kappa shape index (κ1) is 14.8. The molecule has 0 fully saturated rings. The number of hydrogen-bond donors (Lipinski definition) is 2. The van der Waals surface area contributed by atoms with Crippen molar-refractivity contribution in [2.45, 2.75) is 13.5 Å². The van der Waals surface area contributed by atoms with Crippen molar-refractivity contribution >= 4 is 22.9 Å². The molecule has 0 amide bonds. The van der Waals surface area contributed by atoms with Crippen LogP contribution in [-0.4, -0.2) is 21.0 Å². The number of aromatic amines is 1. The standard InChI is InChI=1S/C18H16N2O3/c1-12(18(21)22)7-14-9-19-16-10-20-17(8-15(14)16)23-11-13-5-3-2-4-6-13/h2-10,19H,11H2,1H3,(H,21,22)/b12-7+. The molecule has 116 valence electrons. The predicted octanol–water partition coefficient (Wildman–Crippen LogP) is 3.63. The molecule has 5 heteroatoms. The average molecular weight is 308 g/mol. The average Bonchev–Trinajstić information content (AvgIpc) is 2.96. The Morgan fingerprint density at radius 3 is 2.87 bits per heavy atom. The first-order valence-electron chi connectivity index (χ1n) is 7.19. The van der Waals surface area contributed by atoms with Crippen LogP contribution in [0.4, 0.5) is 0 Å². The van der Waals surface area contributed by atoms with Crippen LogP contribution in [0.1, 0.15) is 18.1 Å². The number of carbonyl (C=O) groups is 1. The molecule has 0 aliphatic carbocycles. The third-order valence-electron chi connectivity index (χ3n) is 3.51. The van der Waals surface area contributed by atoms with Crippen LogP contribution in [0, 0.1) is 0 Å². The summed E-state index contributed by atoms with van der Waals surface area (Å²) in [5, 5.41) is 9.88. The highest BCUT2D eigenvalue weighted by atomic mass is 16.5. The summed E-state index contributed by atoms with van der Waals surface area (Å²) in [6.45, 7) is 2.00. The van der Waals surface area contributed by atoms with Gasteiger partial charge in [0.15, 0.2) is 0 Å². The molecule has 1 aromatic carbocycles. The molecule has 2 aromatic heterocycles. The molecule has 0 unspecified atom stereocenters. The van der Waals surface area contributed by atoms with E-state index in [1.165, 1.54) is 0 Å². The Morgan fingerprint density at radius 2 is 2.13 bits per heavy atom. The smallest absolute Gasteiger partial charge is 0.331 e. The second kappa shape index (κ2) is 6.36. The highest BCUT2D eigenvalue weighted by Crippen LogP contribution is 2.24. The van der Waals surface area contributed by atoms with E-state index in [-0.39, 0.29) is 5.57 Å². The number of rotatable bonds is 5. The van der Waals surface area contributed by atoms with Crippen molar-refractivity contribution in [2.24, 2.45) is 0 Å². The maximum Gasteiger partial charge on any atom is 0.331 e. The zero-order valence-electron chi connectivity index (χ0n) is 12.6. The van der Waals surface area contributed by atoms with E-state index >= 15 is 0 Å². The summed E-state index contributed by atoms with van der Waals surface area (Å²) in [5.74, 6) is -0.433. The number of carboxylic acid groups (broad SMARTS) is 1. The minimum atomic E-state index is -0.936. The molecule has 0 atom stereocenters. The van der Waals surface area contributed by atoms with Gasteiger partial charge in [-0.3, -0.25) is 0 Å². The number of aromatic nitrogens is 2. The Balaban J connectivity index is 1.86. The van der Waals surface area contributed by atoms with Gasteiger partial charge in [0.05, 0.1) is 11.7 Å². The summed E-state index contributed by atoms with van der Waals surface area (Å²) in [6, 6.07) is 11.7. The topological polar surface area (TPSA) is 75.2 Å². The monoisotopic (exact) mass is 308 g/mol. The number of ether oxygens (including phenoxy) is 1. The fourth-order valence-electron chi connectivity index (χ4n) is 2.25. The second-order valence-corrected chi connectivity index (χ2v) is 5.22. The zero-order valence-corrected chi connectivity index (χ0v) is 12.6. The van der Waals surface area contributed by atoms with Crippen molar-refractivity contribution in [1.29, 1.82) is 0 Å². The highest BCUT2D eigenvalue weighted by molar-refractivity contribution is 5.96. The number of fused-ring (bicyclic) bond motifs is 1. The van der Waals surface area contributed by atoms with Gasteiger partial charge in [-0.1, -0.05) is 30.3 Å². The molecule has 0 saturated carbocycles. The summed E-state index contributed by atoms with van der Waals surface area (Å²) >= 11 is 0. The lowest BCUT2D eigenvalue weighted by molar-refractivity contribution is -0.132. The van der Waals surface area contributed by atoms with E-state index in [4.69, 9.17) is 9.84 Å². The van der Waals surface area contributed by atoms with E-state index in [1.807, 2.05) is 36.4 Å². The lowest BCUT2D eigenvalue weighted by Crippen LogP contribution is -1.97. The van der Waals surface area contributed by atoms with Crippen LogP contribution in [0.25, 0.3) is 17.0 Å². The number of benzene rings is 1. The molecule has 0 spiro atoms. The Bertz CT molecular complexity index is 866. The summed E-state index contributed by atoms with van der Waals surface area (Å²) < 4.78 is 5.71. The molecule has 3 aromatic rings. The van der Waals surface area contributed by atoms with Crippen LogP contribution in [0.3, 0.4) is 0 Å². The van der Waals surface area contributed by atoms with E-state index < -0.39 is 5.97 Å². The second-order valence-electron chi connectivity index (χ2n) is 5.22. The van der Waals surface area contributed by atoms with Crippen LogP contribution >= 0.6 is 0 Å². The Labute approximate surface area is 133 Å². The third kappa shape index (κ3) is 3.40. The molecule has 0 aliphatic heterocycles. The normalized spacial score (nSPS) is 11.6. The van der Waals surface area contributed by atoms with Crippen LogP contribution in [0.15, 0.2) is 54.4 Å². The summed E-state index contributed by atoms with van der Waals surface area (Å²) in [4.78, 5) is 18.3. The zero-order chi connectivity index (χ0) is 16.2. The number of H-pyrrole nitrogens is 1. The first-order chi connectivity index (χ1) is 11.1. The number of nitrogens with one attached hydrogen (secondary N) is 1. The lowest BCUT2D eigenvalue weighted by Gasteiger charge is -2.05. The molecular weight excluding hydrogens is 292 g/mol. The van der Waals surface area contributed by atoms with Crippen LogP contribution in [-0.2, 0) is 11.4 Å². The highest BCUT2D eigenvalue weighted by Gasteiger charge is 2.07. The van der Waals surface area contributed by atoms with Gasteiger partial charge in [0.1, 0.15) is 6.61 Å². The SMILES string of the molecule is C/C(=C\c1c[nH]c2cnc(OCc3ccccc3)cc12)C(=O)O. The largest absolute Gasteiger partial charge is 0.478 e. The number of carboxylic acids is 1. The Hall–Kier alpha value is -3.08. The predicted molar refractivity (Wildman–Crippen MR) is 88.2 cm³/mol. The fourth-order valence-corrected chi connectivity index (χ4v) is 2.25. The van der Waals surface area contributed by atoms with Gasteiger partial charge in [0, 0.05) is 28.8 Å². The van der Waals surface area contributed by atoms with Gasteiger partial charge in [0.25, 0.3) is 0 Å². The molecule has 3 rings (SSSR count). The molecule has 5 nitrogen and oxygen atoms in total. The molecule has 2 N–H and O–H groups in total.